The van der Waals surface area contributed by atoms with E-state index in [9.17, 15) is 19.1 Å². The third-order valence-corrected chi connectivity index (χ3v) is 5.11. The molecule has 1 aromatic carbocycles. The summed E-state index contributed by atoms with van der Waals surface area (Å²) >= 11 is 0. The number of nitrogens with zero attached hydrogens (tertiary/aromatic N) is 2. The van der Waals surface area contributed by atoms with Gasteiger partial charge in [0.1, 0.15) is 11.9 Å². The summed E-state index contributed by atoms with van der Waals surface area (Å²) in [5.41, 5.74) is 0.0573. The number of anilines is 1. The Morgan fingerprint density at radius 1 is 1.21 bits per heavy atom. The molecule has 3 N–H and O–H groups in total. The second kappa shape index (κ2) is 9.82. The summed E-state index contributed by atoms with van der Waals surface area (Å²) in [6.45, 7) is 2.74. The molecule has 2 aliphatic rings. The van der Waals surface area contributed by atoms with Gasteiger partial charge in [-0.1, -0.05) is 24.3 Å². The molecule has 1 saturated heterocycles. The van der Waals surface area contributed by atoms with E-state index in [1.807, 2.05) is 11.9 Å². The van der Waals surface area contributed by atoms with Crippen molar-refractivity contribution in [3.63, 3.8) is 0 Å². The number of rotatable bonds is 5. The maximum Gasteiger partial charge on any atom is 0.319 e. The normalized spacial score (nSPS) is 24.9. The molecular weight excluding hydrogens is 379 g/mol. The van der Waals surface area contributed by atoms with Gasteiger partial charge in [0.25, 0.3) is 0 Å². The third-order valence-electron chi connectivity index (χ3n) is 5.11. The molecule has 0 spiro atoms. The lowest BCUT2D eigenvalue weighted by molar-refractivity contribution is -0.137. The smallest absolute Gasteiger partial charge is 0.319 e. The molecule has 9 heteroatoms. The predicted molar refractivity (Wildman–Crippen MR) is 106 cm³/mol. The Kier molecular flexibility index (Phi) is 7.18. The van der Waals surface area contributed by atoms with Gasteiger partial charge in [-0.05, 0) is 19.2 Å². The SMILES string of the molecule is CN1CCN(C(=O)C[C@H]2C=C[C@@H](NC(=O)Nc3ccccc3F)[C@H](CO)O2)CC1. The van der Waals surface area contributed by atoms with Crippen LogP contribution in [0.4, 0.5) is 14.9 Å². The highest BCUT2D eigenvalue weighted by atomic mass is 19.1. The highest BCUT2D eigenvalue weighted by Crippen LogP contribution is 2.18. The van der Waals surface area contributed by atoms with E-state index in [1.54, 1.807) is 18.2 Å². The minimum atomic E-state index is -0.698. The van der Waals surface area contributed by atoms with E-state index >= 15 is 0 Å². The lowest BCUT2D eigenvalue weighted by atomic mass is 10.0. The highest BCUT2D eigenvalue weighted by molar-refractivity contribution is 5.89. The molecule has 2 aliphatic heterocycles. The van der Waals surface area contributed by atoms with Crippen LogP contribution in [0.2, 0.25) is 0 Å². The number of ether oxygens (including phenoxy) is 1. The fraction of sp³-hybridized carbons (Fsp3) is 0.500. The topological polar surface area (TPSA) is 94.1 Å². The van der Waals surface area contributed by atoms with Crippen LogP contribution in [0.25, 0.3) is 0 Å². The van der Waals surface area contributed by atoms with Gasteiger partial charge in [0.15, 0.2) is 0 Å². The Hall–Kier alpha value is -2.49. The lowest BCUT2D eigenvalue weighted by Gasteiger charge is -2.35. The zero-order valence-corrected chi connectivity index (χ0v) is 16.4. The van der Waals surface area contributed by atoms with Crippen LogP contribution < -0.4 is 10.6 Å². The highest BCUT2D eigenvalue weighted by Gasteiger charge is 2.30. The van der Waals surface area contributed by atoms with Crippen LogP contribution in [0, 0.1) is 5.82 Å². The monoisotopic (exact) mass is 406 g/mol. The molecule has 0 bridgehead atoms. The summed E-state index contributed by atoms with van der Waals surface area (Å²) in [7, 11) is 2.02. The minimum absolute atomic E-state index is 0.00754. The predicted octanol–water partition coefficient (Wildman–Crippen LogP) is 0.796. The number of amides is 3. The molecule has 1 aromatic rings. The third kappa shape index (κ3) is 5.75. The quantitative estimate of drug-likeness (QED) is 0.629. The van der Waals surface area contributed by atoms with E-state index in [2.05, 4.69) is 15.5 Å². The fourth-order valence-corrected chi connectivity index (χ4v) is 3.37. The number of piperazine rings is 1. The number of urea groups is 1. The van der Waals surface area contributed by atoms with Crippen molar-refractivity contribution in [1.82, 2.24) is 15.1 Å². The number of nitrogens with one attached hydrogen (secondary N) is 2. The molecule has 29 heavy (non-hydrogen) atoms. The summed E-state index contributed by atoms with van der Waals surface area (Å²) in [5.74, 6) is -0.535. The van der Waals surface area contributed by atoms with Gasteiger partial charge in [-0.15, -0.1) is 0 Å². The Morgan fingerprint density at radius 2 is 1.93 bits per heavy atom. The first-order valence-electron chi connectivity index (χ1n) is 9.69. The van der Waals surface area contributed by atoms with Crippen molar-refractivity contribution in [2.45, 2.75) is 24.7 Å². The summed E-state index contributed by atoms with van der Waals surface area (Å²) in [4.78, 5) is 28.6. The number of aliphatic hydroxyl groups is 1. The first-order valence-corrected chi connectivity index (χ1v) is 9.69. The van der Waals surface area contributed by atoms with Gasteiger partial charge in [-0.3, -0.25) is 4.79 Å². The van der Waals surface area contributed by atoms with E-state index in [0.717, 1.165) is 13.1 Å². The Balaban J connectivity index is 1.53. The van der Waals surface area contributed by atoms with Crippen molar-refractivity contribution < 1.29 is 23.8 Å². The number of para-hydroxylation sites is 1. The summed E-state index contributed by atoms with van der Waals surface area (Å²) in [5, 5.41) is 14.7. The van der Waals surface area contributed by atoms with Crippen molar-refractivity contribution in [3.05, 3.63) is 42.2 Å². The number of hydrogen-bond acceptors (Lipinski definition) is 5. The average molecular weight is 406 g/mol. The molecule has 0 unspecified atom stereocenters. The Labute approximate surface area is 169 Å². The summed E-state index contributed by atoms with van der Waals surface area (Å²) in [6.07, 6.45) is 2.44. The van der Waals surface area contributed by atoms with Crippen LogP contribution in [0.1, 0.15) is 6.42 Å². The number of carbonyl (C=O) groups excluding carboxylic acids is 2. The van der Waals surface area contributed by atoms with Crippen molar-refractivity contribution in [3.8, 4) is 0 Å². The van der Waals surface area contributed by atoms with Crippen LogP contribution in [-0.2, 0) is 9.53 Å². The van der Waals surface area contributed by atoms with Crippen LogP contribution in [0.3, 0.4) is 0 Å². The van der Waals surface area contributed by atoms with Crippen LogP contribution in [0.5, 0.6) is 0 Å². The maximum atomic E-state index is 13.7. The first-order chi connectivity index (χ1) is 14.0. The minimum Gasteiger partial charge on any atom is -0.394 e. The molecule has 0 radical (unpaired) electrons. The molecule has 0 aliphatic carbocycles. The van der Waals surface area contributed by atoms with Crippen molar-refractivity contribution in [2.24, 2.45) is 0 Å². The Bertz CT molecular complexity index is 752. The van der Waals surface area contributed by atoms with Crippen molar-refractivity contribution >= 4 is 17.6 Å². The number of aliphatic hydroxyl groups excluding tert-OH is 1. The molecule has 1 fully saturated rings. The second-order valence-electron chi connectivity index (χ2n) is 7.27. The molecule has 3 atom stereocenters. The average Bonchev–Trinajstić information content (AvgIpc) is 2.71. The molecule has 0 aromatic heterocycles. The molecule has 0 saturated carbocycles. The zero-order chi connectivity index (χ0) is 20.8. The number of likely N-dealkylation sites (N-methyl/N-ethyl adjacent to an activating group) is 1. The fourth-order valence-electron chi connectivity index (χ4n) is 3.37. The number of hydrogen-bond donors (Lipinski definition) is 3. The van der Waals surface area contributed by atoms with Gasteiger partial charge >= 0.3 is 6.03 Å². The van der Waals surface area contributed by atoms with E-state index < -0.39 is 30.1 Å². The molecular formula is C20H27FN4O4. The van der Waals surface area contributed by atoms with Gasteiger partial charge in [0, 0.05) is 26.2 Å². The maximum absolute atomic E-state index is 13.7. The molecule has 2 heterocycles. The standard InChI is InChI=1S/C20H27FN4O4/c1-24-8-10-25(11-9-24)19(27)12-14-6-7-17(18(13-26)29-14)23-20(28)22-16-5-3-2-4-15(16)21/h2-7,14,17-18,26H,8-13H2,1H3,(H2,22,23,28)/t14-,17-,18+/m1/s1. The van der Waals surface area contributed by atoms with Crippen molar-refractivity contribution in [1.29, 1.82) is 0 Å². The van der Waals surface area contributed by atoms with Gasteiger partial charge in [-0.2, -0.15) is 0 Å². The lowest BCUT2D eigenvalue weighted by Crippen LogP contribution is -2.51. The number of benzene rings is 1. The zero-order valence-electron chi connectivity index (χ0n) is 16.4. The summed E-state index contributed by atoms with van der Waals surface area (Å²) < 4.78 is 19.5. The summed E-state index contributed by atoms with van der Waals surface area (Å²) in [6, 6.07) is 4.63. The van der Waals surface area contributed by atoms with E-state index in [-0.39, 0.29) is 24.6 Å². The van der Waals surface area contributed by atoms with Crippen LogP contribution in [0.15, 0.2) is 36.4 Å². The van der Waals surface area contributed by atoms with E-state index in [1.165, 1.54) is 18.2 Å². The van der Waals surface area contributed by atoms with E-state index in [4.69, 9.17) is 4.74 Å². The number of carbonyl (C=O) groups is 2. The molecule has 158 valence electrons. The van der Waals surface area contributed by atoms with Gasteiger partial charge in [0.05, 0.1) is 30.9 Å². The van der Waals surface area contributed by atoms with Crippen molar-refractivity contribution in [2.75, 3.05) is 45.2 Å². The van der Waals surface area contributed by atoms with Gasteiger partial charge in [0.2, 0.25) is 5.91 Å². The molecule has 8 nitrogen and oxygen atoms in total. The van der Waals surface area contributed by atoms with Gasteiger partial charge < -0.3 is 30.3 Å². The van der Waals surface area contributed by atoms with Crippen LogP contribution >= 0.6 is 0 Å². The molecule has 3 amide bonds. The molecule has 3 rings (SSSR count). The first kappa shape index (κ1) is 21.2. The van der Waals surface area contributed by atoms with E-state index in [0.29, 0.717) is 13.1 Å². The number of halogens is 1. The Morgan fingerprint density at radius 3 is 2.62 bits per heavy atom. The van der Waals surface area contributed by atoms with Gasteiger partial charge in [-0.25, -0.2) is 9.18 Å². The second-order valence-corrected chi connectivity index (χ2v) is 7.27. The largest absolute Gasteiger partial charge is 0.394 e. The van der Waals surface area contributed by atoms with Crippen LogP contribution in [-0.4, -0.2) is 84.9 Å².